The Labute approximate surface area is 111 Å². The van der Waals surface area contributed by atoms with Gasteiger partial charge in [-0.3, -0.25) is 4.79 Å². The summed E-state index contributed by atoms with van der Waals surface area (Å²) in [7, 11) is 6.42. The van der Waals surface area contributed by atoms with E-state index in [2.05, 4.69) is 35.8 Å². The van der Waals surface area contributed by atoms with Gasteiger partial charge < -0.3 is 14.7 Å². The van der Waals surface area contributed by atoms with E-state index in [0.717, 1.165) is 51.9 Å². The van der Waals surface area contributed by atoms with E-state index < -0.39 is 0 Å². The molecule has 0 aromatic carbocycles. The van der Waals surface area contributed by atoms with Crippen LogP contribution in [0.25, 0.3) is 0 Å². The minimum atomic E-state index is 0.289. The van der Waals surface area contributed by atoms with Gasteiger partial charge in [-0.2, -0.15) is 0 Å². The topological polar surface area (TPSA) is 26.8 Å². The van der Waals surface area contributed by atoms with Gasteiger partial charge in [-0.1, -0.05) is 0 Å². The van der Waals surface area contributed by atoms with Gasteiger partial charge in [-0.05, 0) is 59.9 Å². The van der Waals surface area contributed by atoms with E-state index in [4.69, 9.17) is 0 Å². The average molecular weight is 253 g/mol. The molecule has 2 aliphatic rings. The summed E-state index contributed by atoms with van der Waals surface area (Å²) in [5, 5.41) is 0. The Morgan fingerprint density at radius 3 is 2.06 bits per heavy atom. The molecule has 2 heterocycles. The predicted molar refractivity (Wildman–Crippen MR) is 73.5 cm³/mol. The molecule has 4 nitrogen and oxygen atoms in total. The number of hydrogen-bond acceptors (Lipinski definition) is 3. The summed E-state index contributed by atoms with van der Waals surface area (Å²) in [5.41, 5.74) is 0. The van der Waals surface area contributed by atoms with E-state index in [0.29, 0.717) is 11.9 Å². The second-order valence-electron chi connectivity index (χ2n) is 6.10. The highest BCUT2D eigenvalue weighted by Crippen LogP contribution is 2.22. The van der Waals surface area contributed by atoms with Crippen molar-refractivity contribution >= 4 is 5.91 Å². The summed E-state index contributed by atoms with van der Waals surface area (Å²) in [6.45, 7) is 4.05. The van der Waals surface area contributed by atoms with Crippen molar-refractivity contribution in [2.24, 2.45) is 5.92 Å². The molecular formula is C14H27N3O. The highest BCUT2D eigenvalue weighted by atomic mass is 16.2. The van der Waals surface area contributed by atoms with Crippen molar-refractivity contribution in [3.05, 3.63) is 0 Å². The zero-order valence-electron chi connectivity index (χ0n) is 12.1. The Kier molecular flexibility index (Phi) is 4.62. The SMILES string of the molecule is CN1CCC(C(=O)N2CCC(N(C)C)CC2)CC1. The summed E-state index contributed by atoms with van der Waals surface area (Å²) >= 11 is 0. The summed E-state index contributed by atoms with van der Waals surface area (Å²) in [6, 6.07) is 0.659. The lowest BCUT2D eigenvalue weighted by atomic mass is 9.94. The van der Waals surface area contributed by atoms with Crippen molar-refractivity contribution < 1.29 is 4.79 Å². The van der Waals surface area contributed by atoms with E-state index in [1.165, 1.54) is 0 Å². The summed E-state index contributed by atoms with van der Waals surface area (Å²) < 4.78 is 0. The molecule has 4 heteroatoms. The van der Waals surface area contributed by atoms with E-state index in [1.54, 1.807) is 0 Å². The molecule has 0 unspecified atom stereocenters. The summed E-state index contributed by atoms with van der Waals surface area (Å²) in [5.74, 6) is 0.706. The minimum Gasteiger partial charge on any atom is -0.342 e. The molecule has 1 amide bonds. The molecule has 0 aromatic rings. The van der Waals surface area contributed by atoms with Crippen LogP contribution in [-0.4, -0.2) is 74.0 Å². The van der Waals surface area contributed by atoms with Crippen molar-refractivity contribution in [3.8, 4) is 0 Å². The minimum absolute atomic E-state index is 0.289. The second kappa shape index (κ2) is 6.02. The third-order valence-corrected chi connectivity index (χ3v) is 4.57. The molecule has 0 aliphatic carbocycles. The standard InChI is InChI=1S/C14H27N3O/c1-15(2)13-6-10-17(11-7-13)14(18)12-4-8-16(3)9-5-12/h12-13H,4-11H2,1-3H3. The number of piperidine rings is 2. The van der Waals surface area contributed by atoms with Crippen LogP contribution in [0.5, 0.6) is 0 Å². The molecule has 2 saturated heterocycles. The zero-order valence-corrected chi connectivity index (χ0v) is 12.1. The first kappa shape index (κ1) is 13.8. The molecule has 0 N–H and O–H groups in total. The van der Waals surface area contributed by atoms with Crippen molar-refractivity contribution in [2.75, 3.05) is 47.3 Å². The fourth-order valence-corrected chi connectivity index (χ4v) is 3.12. The number of nitrogens with zero attached hydrogens (tertiary/aromatic N) is 3. The Morgan fingerprint density at radius 1 is 1.00 bits per heavy atom. The Balaban J connectivity index is 1.80. The Bertz CT molecular complexity index is 277. The van der Waals surface area contributed by atoms with Gasteiger partial charge in [0, 0.05) is 25.0 Å². The molecule has 0 bridgehead atoms. The molecule has 0 saturated carbocycles. The van der Waals surface area contributed by atoms with Crippen LogP contribution in [0, 0.1) is 5.92 Å². The fraction of sp³-hybridized carbons (Fsp3) is 0.929. The first-order valence-corrected chi connectivity index (χ1v) is 7.21. The smallest absolute Gasteiger partial charge is 0.225 e. The van der Waals surface area contributed by atoms with Crippen LogP contribution in [0.2, 0.25) is 0 Å². The van der Waals surface area contributed by atoms with Crippen molar-refractivity contribution in [1.29, 1.82) is 0 Å². The molecule has 0 radical (unpaired) electrons. The lowest BCUT2D eigenvalue weighted by Gasteiger charge is -2.38. The van der Waals surface area contributed by atoms with Crippen LogP contribution in [0.15, 0.2) is 0 Å². The van der Waals surface area contributed by atoms with E-state index in [1.807, 2.05) is 0 Å². The Morgan fingerprint density at radius 2 is 1.56 bits per heavy atom. The van der Waals surface area contributed by atoms with Crippen LogP contribution in [0.3, 0.4) is 0 Å². The van der Waals surface area contributed by atoms with Gasteiger partial charge in [0.1, 0.15) is 0 Å². The highest BCUT2D eigenvalue weighted by Gasteiger charge is 2.30. The number of carbonyl (C=O) groups is 1. The molecule has 0 aromatic heterocycles. The molecule has 0 atom stereocenters. The van der Waals surface area contributed by atoms with E-state index >= 15 is 0 Å². The number of carbonyl (C=O) groups excluding carboxylic acids is 1. The van der Waals surface area contributed by atoms with Gasteiger partial charge in [0.25, 0.3) is 0 Å². The maximum absolute atomic E-state index is 12.4. The first-order chi connectivity index (χ1) is 8.58. The van der Waals surface area contributed by atoms with Crippen LogP contribution in [-0.2, 0) is 4.79 Å². The van der Waals surface area contributed by atoms with E-state index in [9.17, 15) is 4.79 Å². The largest absolute Gasteiger partial charge is 0.342 e. The average Bonchev–Trinajstić information content (AvgIpc) is 2.39. The fourth-order valence-electron chi connectivity index (χ4n) is 3.12. The van der Waals surface area contributed by atoms with E-state index in [-0.39, 0.29) is 5.92 Å². The van der Waals surface area contributed by atoms with Gasteiger partial charge in [0.15, 0.2) is 0 Å². The van der Waals surface area contributed by atoms with Gasteiger partial charge in [-0.25, -0.2) is 0 Å². The third kappa shape index (κ3) is 3.23. The molecule has 2 rings (SSSR count). The first-order valence-electron chi connectivity index (χ1n) is 7.21. The Hall–Kier alpha value is -0.610. The normalized spacial score (nSPS) is 24.8. The van der Waals surface area contributed by atoms with Crippen LogP contribution in [0.1, 0.15) is 25.7 Å². The zero-order chi connectivity index (χ0) is 13.1. The van der Waals surface area contributed by atoms with Gasteiger partial charge in [-0.15, -0.1) is 0 Å². The molecule has 18 heavy (non-hydrogen) atoms. The summed E-state index contributed by atoms with van der Waals surface area (Å²) in [4.78, 5) is 19.1. The number of likely N-dealkylation sites (tertiary alicyclic amines) is 2. The molecule has 2 fully saturated rings. The highest BCUT2D eigenvalue weighted by molar-refractivity contribution is 5.79. The maximum atomic E-state index is 12.4. The lowest BCUT2D eigenvalue weighted by molar-refractivity contribution is -0.138. The maximum Gasteiger partial charge on any atom is 0.225 e. The number of rotatable bonds is 2. The molecular weight excluding hydrogens is 226 g/mol. The number of amides is 1. The van der Waals surface area contributed by atoms with Crippen molar-refractivity contribution in [3.63, 3.8) is 0 Å². The van der Waals surface area contributed by atoms with Crippen LogP contribution < -0.4 is 0 Å². The second-order valence-corrected chi connectivity index (χ2v) is 6.10. The monoisotopic (exact) mass is 253 g/mol. The summed E-state index contributed by atoms with van der Waals surface area (Å²) in [6.07, 6.45) is 4.35. The predicted octanol–water partition coefficient (Wildman–Crippen LogP) is 0.881. The quantitative estimate of drug-likeness (QED) is 0.731. The molecule has 0 spiro atoms. The number of hydrogen-bond donors (Lipinski definition) is 0. The van der Waals surface area contributed by atoms with Gasteiger partial charge >= 0.3 is 0 Å². The van der Waals surface area contributed by atoms with Crippen LogP contribution in [0.4, 0.5) is 0 Å². The van der Waals surface area contributed by atoms with Crippen molar-refractivity contribution in [2.45, 2.75) is 31.7 Å². The third-order valence-electron chi connectivity index (χ3n) is 4.57. The van der Waals surface area contributed by atoms with Crippen LogP contribution >= 0.6 is 0 Å². The molecule has 104 valence electrons. The molecule has 2 aliphatic heterocycles. The van der Waals surface area contributed by atoms with Crippen molar-refractivity contribution in [1.82, 2.24) is 14.7 Å². The van der Waals surface area contributed by atoms with Gasteiger partial charge in [0.05, 0.1) is 0 Å². The van der Waals surface area contributed by atoms with Gasteiger partial charge in [0.2, 0.25) is 5.91 Å². The lowest BCUT2D eigenvalue weighted by Crippen LogP contribution is -2.48.